The van der Waals surface area contributed by atoms with Crippen molar-refractivity contribution < 1.29 is 9.15 Å². The standard InChI is InChI=1S/C21H31N3O2/c1-3-6-15(2)21-17-14-24(11-10-18(17)22-23-21)13-16-8-9-20(26-16)19-7-4-5-12-25-19/h8-9,15,19H,3-7,10-14H2,1-2H3,(H,22,23)/t15-,19-/m1/s1. The fourth-order valence-corrected chi connectivity index (χ4v) is 4.32. The Morgan fingerprint density at radius 1 is 1.35 bits per heavy atom. The van der Waals surface area contributed by atoms with E-state index < -0.39 is 0 Å². The van der Waals surface area contributed by atoms with Crippen molar-refractivity contribution in [3.8, 4) is 0 Å². The summed E-state index contributed by atoms with van der Waals surface area (Å²) in [5.74, 6) is 2.57. The van der Waals surface area contributed by atoms with Gasteiger partial charge in [0.05, 0.1) is 12.2 Å². The molecule has 0 unspecified atom stereocenters. The van der Waals surface area contributed by atoms with Crippen molar-refractivity contribution in [2.24, 2.45) is 0 Å². The second-order valence-corrected chi connectivity index (χ2v) is 7.88. The zero-order valence-corrected chi connectivity index (χ0v) is 16.1. The molecule has 5 heteroatoms. The number of rotatable bonds is 6. The molecular weight excluding hydrogens is 326 g/mol. The monoisotopic (exact) mass is 357 g/mol. The Morgan fingerprint density at radius 2 is 2.27 bits per heavy atom. The van der Waals surface area contributed by atoms with E-state index in [1.807, 2.05) is 0 Å². The SMILES string of the molecule is CCC[C@@H](C)c1n[nH]c2c1CN(Cc1ccc([C@H]3CCCCO3)o1)CC2. The number of aromatic amines is 1. The Balaban J connectivity index is 1.41. The van der Waals surface area contributed by atoms with Crippen molar-refractivity contribution in [3.63, 3.8) is 0 Å². The molecule has 1 saturated heterocycles. The van der Waals surface area contributed by atoms with Crippen LogP contribution in [0, 0.1) is 0 Å². The highest BCUT2D eigenvalue weighted by molar-refractivity contribution is 5.30. The number of hydrogen-bond donors (Lipinski definition) is 1. The molecule has 0 amide bonds. The third-order valence-corrected chi connectivity index (χ3v) is 5.79. The molecule has 4 rings (SSSR count). The van der Waals surface area contributed by atoms with Gasteiger partial charge in [0.25, 0.3) is 0 Å². The molecule has 0 aromatic carbocycles. The van der Waals surface area contributed by atoms with Crippen LogP contribution in [0.2, 0.25) is 0 Å². The lowest BCUT2D eigenvalue weighted by Gasteiger charge is -2.27. The molecule has 2 aromatic rings. The minimum absolute atomic E-state index is 0.154. The maximum absolute atomic E-state index is 6.12. The van der Waals surface area contributed by atoms with Crippen molar-refractivity contribution in [3.05, 3.63) is 40.6 Å². The van der Waals surface area contributed by atoms with Gasteiger partial charge in [0.1, 0.15) is 17.6 Å². The summed E-state index contributed by atoms with van der Waals surface area (Å²) in [6.45, 7) is 8.26. The highest BCUT2D eigenvalue weighted by Crippen LogP contribution is 2.31. The van der Waals surface area contributed by atoms with Gasteiger partial charge in [-0.25, -0.2) is 0 Å². The summed E-state index contributed by atoms with van der Waals surface area (Å²) in [5.41, 5.74) is 4.01. The first-order chi connectivity index (χ1) is 12.7. The first-order valence-electron chi connectivity index (χ1n) is 10.2. The first kappa shape index (κ1) is 17.8. The lowest BCUT2D eigenvalue weighted by Crippen LogP contribution is -2.30. The van der Waals surface area contributed by atoms with E-state index in [0.29, 0.717) is 5.92 Å². The normalized spacial score (nSPS) is 22.3. The molecule has 1 N–H and O–H groups in total. The molecule has 0 spiro atoms. The fourth-order valence-electron chi connectivity index (χ4n) is 4.32. The number of furan rings is 1. The van der Waals surface area contributed by atoms with E-state index in [9.17, 15) is 0 Å². The zero-order chi connectivity index (χ0) is 17.9. The van der Waals surface area contributed by atoms with E-state index in [-0.39, 0.29) is 6.10 Å². The molecule has 1 fully saturated rings. The Labute approximate surface area is 156 Å². The van der Waals surface area contributed by atoms with Crippen molar-refractivity contribution in [2.45, 2.75) is 77.5 Å². The van der Waals surface area contributed by atoms with Gasteiger partial charge >= 0.3 is 0 Å². The van der Waals surface area contributed by atoms with Crippen LogP contribution in [0.3, 0.4) is 0 Å². The fraction of sp³-hybridized carbons (Fsp3) is 0.667. The number of hydrogen-bond acceptors (Lipinski definition) is 4. The lowest BCUT2D eigenvalue weighted by molar-refractivity contribution is 0.000798. The van der Waals surface area contributed by atoms with Gasteiger partial charge in [-0.3, -0.25) is 10.00 Å². The highest BCUT2D eigenvalue weighted by atomic mass is 16.5. The van der Waals surface area contributed by atoms with Crippen LogP contribution < -0.4 is 0 Å². The topological polar surface area (TPSA) is 54.3 Å². The number of nitrogens with zero attached hydrogens (tertiary/aromatic N) is 2. The van der Waals surface area contributed by atoms with Crippen LogP contribution in [-0.2, 0) is 24.2 Å². The average molecular weight is 357 g/mol. The Hall–Kier alpha value is -1.59. The van der Waals surface area contributed by atoms with E-state index in [1.54, 1.807) is 0 Å². The second kappa shape index (κ2) is 7.97. The molecule has 0 bridgehead atoms. The van der Waals surface area contributed by atoms with Gasteiger partial charge < -0.3 is 9.15 Å². The van der Waals surface area contributed by atoms with Crippen LogP contribution in [0.25, 0.3) is 0 Å². The van der Waals surface area contributed by atoms with Crippen LogP contribution >= 0.6 is 0 Å². The largest absolute Gasteiger partial charge is 0.462 e. The van der Waals surface area contributed by atoms with E-state index in [0.717, 1.165) is 50.6 Å². The minimum atomic E-state index is 0.154. The summed E-state index contributed by atoms with van der Waals surface area (Å²) in [5, 5.41) is 7.91. The van der Waals surface area contributed by atoms with Gasteiger partial charge in [-0.15, -0.1) is 0 Å². The average Bonchev–Trinajstić information content (AvgIpc) is 3.29. The maximum Gasteiger partial charge on any atom is 0.133 e. The van der Waals surface area contributed by atoms with Gasteiger partial charge in [-0.2, -0.15) is 5.10 Å². The second-order valence-electron chi connectivity index (χ2n) is 7.88. The van der Waals surface area contributed by atoms with Crippen molar-refractivity contribution in [2.75, 3.05) is 13.2 Å². The molecule has 5 nitrogen and oxygen atoms in total. The summed E-state index contributed by atoms with van der Waals surface area (Å²) in [4.78, 5) is 2.48. The van der Waals surface area contributed by atoms with Crippen molar-refractivity contribution in [1.29, 1.82) is 0 Å². The van der Waals surface area contributed by atoms with Crippen molar-refractivity contribution in [1.82, 2.24) is 15.1 Å². The van der Waals surface area contributed by atoms with Crippen LogP contribution in [0.4, 0.5) is 0 Å². The molecule has 2 aromatic heterocycles. The molecule has 26 heavy (non-hydrogen) atoms. The summed E-state index contributed by atoms with van der Waals surface area (Å²) >= 11 is 0. The quantitative estimate of drug-likeness (QED) is 0.814. The number of H-pyrrole nitrogens is 1. The Morgan fingerprint density at radius 3 is 3.08 bits per heavy atom. The molecular formula is C21H31N3O2. The number of aromatic nitrogens is 2. The van der Waals surface area contributed by atoms with Gasteiger partial charge in [0.2, 0.25) is 0 Å². The summed E-state index contributed by atoms with van der Waals surface area (Å²) < 4.78 is 12.0. The molecule has 0 aliphatic carbocycles. The van der Waals surface area contributed by atoms with E-state index >= 15 is 0 Å². The van der Waals surface area contributed by atoms with Crippen LogP contribution in [0.1, 0.15) is 86.4 Å². The summed E-state index contributed by atoms with van der Waals surface area (Å²) in [6, 6.07) is 4.23. The third-order valence-electron chi connectivity index (χ3n) is 5.79. The number of ether oxygens (including phenoxy) is 1. The maximum atomic E-state index is 6.12. The van der Waals surface area contributed by atoms with E-state index in [1.165, 1.54) is 42.6 Å². The molecule has 4 heterocycles. The number of nitrogens with one attached hydrogen (secondary N) is 1. The predicted octanol–water partition coefficient (Wildman–Crippen LogP) is 4.71. The Bertz CT molecular complexity index is 715. The van der Waals surface area contributed by atoms with Crippen LogP contribution in [0.5, 0.6) is 0 Å². The zero-order valence-electron chi connectivity index (χ0n) is 16.1. The van der Waals surface area contributed by atoms with Gasteiger partial charge in [0.15, 0.2) is 0 Å². The lowest BCUT2D eigenvalue weighted by atomic mass is 9.95. The highest BCUT2D eigenvalue weighted by Gasteiger charge is 2.25. The smallest absolute Gasteiger partial charge is 0.133 e. The van der Waals surface area contributed by atoms with Crippen molar-refractivity contribution >= 4 is 0 Å². The third kappa shape index (κ3) is 3.74. The first-order valence-corrected chi connectivity index (χ1v) is 10.2. The van der Waals surface area contributed by atoms with Gasteiger partial charge in [0, 0.05) is 43.3 Å². The van der Waals surface area contributed by atoms with Gasteiger partial charge in [-0.1, -0.05) is 20.3 Å². The van der Waals surface area contributed by atoms with Crippen LogP contribution in [-0.4, -0.2) is 28.2 Å². The molecule has 2 aliphatic heterocycles. The van der Waals surface area contributed by atoms with E-state index in [4.69, 9.17) is 9.15 Å². The molecule has 2 aliphatic rings. The molecule has 2 atom stereocenters. The Kier molecular flexibility index (Phi) is 5.46. The predicted molar refractivity (Wildman–Crippen MR) is 101 cm³/mol. The molecule has 0 radical (unpaired) electrons. The van der Waals surface area contributed by atoms with Crippen LogP contribution in [0.15, 0.2) is 16.5 Å². The minimum Gasteiger partial charge on any atom is -0.462 e. The summed E-state index contributed by atoms with van der Waals surface area (Å²) in [7, 11) is 0. The van der Waals surface area contributed by atoms with Gasteiger partial charge in [-0.05, 0) is 37.8 Å². The van der Waals surface area contributed by atoms with E-state index in [2.05, 4.69) is 41.1 Å². The summed E-state index contributed by atoms with van der Waals surface area (Å²) in [6.07, 6.45) is 7.07. The number of fused-ring (bicyclic) bond motifs is 1. The molecule has 142 valence electrons. The molecule has 0 saturated carbocycles.